The lowest BCUT2D eigenvalue weighted by Crippen LogP contribution is -2.24. The molecule has 0 saturated heterocycles. The average Bonchev–Trinajstić information content (AvgIpc) is 2.51. The Morgan fingerprint density at radius 3 is 2.81 bits per heavy atom. The number of carbonyl (C=O) groups excluding carboxylic acids is 2. The van der Waals surface area contributed by atoms with Crippen molar-refractivity contribution in [2.45, 2.75) is 12.8 Å². The lowest BCUT2D eigenvalue weighted by Gasteiger charge is -2.07. The number of ether oxygens (including phenoxy) is 1. The Labute approximate surface area is 121 Å². The van der Waals surface area contributed by atoms with E-state index in [4.69, 9.17) is 10.6 Å². The number of rotatable bonds is 7. The smallest absolute Gasteiger partial charge is 0.338 e. The summed E-state index contributed by atoms with van der Waals surface area (Å²) in [5.41, 5.74) is 8.91. The van der Waals surface area contributed by atoms with Crippen LogP contribution in [0.15, 0.2) is 23.3 Å². The molecule has 0 aliphatic heterocycles. The maximum Gasteiger partial charge on any atom is 0.338 e. The van der Waals surface area contributed by atoms with Crippen molar-refractivity contribution in [3.05, 3.63) is 39.8 Å². The molecule has 0 aliphatic rings. The van der Waals surface area contributed by atoms with E-state index in [2.05, 4.69) is 20.1 Å². The standard InChI is InChI=1S/C13H16N4O4/c1-21-13(20)10-5-4-9(8-11(10)16-17-14)12(19)15-6-2-3-7-18/h4-5,8,18H,2-3,6-7H2,1H3,(H,15,19). The molecule has 8 nitrogen and oxygen atoms in total. The number of aliphatic hydroxyl groups is 1. The van der Waals surface area contributed by atoms with Gasteiger partial charge in [0.25, 0.3) is 5.91 Å². The number of amides is 1. The van der Waals surface area contributed by atoms with Gasteiger partial charge in [-0.1, -0.05) is 5.11 Å². The Morgan fingerprint density at radius 1 is 1.43 bits per heavy atom. The molecule has 112 valence electrons. The van der Waals surface area contributed by atoms with Crippen LogP contribution in [0.4, 0.5) is 5.69 Å². The van der Waals surface area contributed by atoms with Gasteiger partial charge in [-0.3, -0.25) is 4.79 Å². The monoisotopic (exact) mass is 292 g/mol. The predicted octanol–water partition coefficient (Wildman–Crippen LogP) is 1.92. The third-order valence-electron chi connectivity index (χ3n) is 2.69. The number of azide groups is 1. The molecule has 0 aliphatic carbocycles. The Morgan fingerprint density at radius 2 is 2.19 bits per heavy atom. The van der Waals surface area contributed by atoms with E-state index in [0.29, 0.717) is 19.4 Å². The van der Waals surface area contributed by atoms with Crippen LogP contribution in [0.3, 0.4) is 0 Å². The molecule has 0 radical (unpaired) electrons. The van der Waals surface area contributed by atoms with Crippen molar-refractivity contribution in [2.75, 3.05) is 20.3 Å². The maximum atomic E-state index is 11.9. The molecule has 0 atom stereocenters. The predicted molar refractivity (Wildman–Crippen MR) is 75.2 cm³/mol. The number of nitrogens with zero attached hydrogens (tertiary/aromatic N) is 3. The highest BCUT2D eigenvalue weighted by molar-refractivity contribution is 5.99. The van der Waals surface area contributed by atoms with Gasteiger partial charge in [-0.25, -0.2) is 4.79 Å². The fourth-order valence-corrected chi connectivity index (χ4v) is 1.63. The van der Waals surface area contributed by atoms with E-state index in [-0.39, 0.29) is 29.3 Å². The van der Waals surface area contributed by atoms with Crippen molar-refractivity contribution < 1.29 is 19.4 Å². The van der Waals surface area contributed by atoms with Crippen molar-refractivity contribution in [3.8, 4) is 0 Å². The van der Waals surface area contributed by atoms with Gasteiger partial charge in [0.15, 0.2) is 0 Å². The van der Waals surface area contributed by atoms with Gasteiger partial charge in [0.2, 0.25) is 0 Å². The molecule has 2 N–H and O–H groups in total. The lowest BCUT2D eigenvalue weighted by molar-refractivity contribution is 0.0601. The number of carbonyl (C=O) groups is 2. The van der Waals surface area contributed by atoms with Crippen LogP contribution in [0, 0.1) is 0 Å². The second-order valence-corrected chi connectivity index (χ2v) is 4.10. The zero-order chi connectivity index (χ0) is 15.7. The largest absolute Gasteiger partial charge is 0.465 e. The van der Waals surface area contributed by atoms with Gasteiger partial charge < -0.3 is 15.2 Å². The van der Waals surface area contributed by atoms with Crippen LogP contribution in [-0.4, -0.2) is 37.2 Å². The Kier molecular flexibility index (Phi) is 6.73. The van der Waals surface area contributed by atoms with Gasteiger partial charge in [-0.15, -0.1) is 0 Å². The van der Waals surface area contributed by atoms with Gasteiger partial charge in [0.1, 0.15) is 0 Å². The molecule has 1 aromatic carbocycles. The molecule has 0 fully saturated rings. The third-order valence-corrected chi connectivity index (χ3v) is 2.69. The van der Waals surface area contributed by atoms with Crippen molar-refractivity contribution in [2.24, 2.45) is 5.11 Å². The van der Waals surface area contributed by atoms with Crippen LogP contribution in [0.25, 0.3) is 10.4 Å². The van der Waals surface area contributed by atoms with Gasteiger partial charge in [0.05, 0.1) is 18.4 Å². The summed E-state index contributed by atoms with van der Waals surface area (Å²) in [4.78, 5) is 26.0. The van der Waals surface area contributed by atoms with E-state index in [9.17, 15) is 9.59 Å². The highest BCUT2D eigenvalue weighted by atomic mass is 16.5. The Hall–Kier alpha value is -2.57. The molecular weight excluding hydrogens is 276 g/mol. The van der Waals surface area contributed by atoms with Gasteiger partial charge in [-0.2, -0.15) is 0 Å². The topological polar surface area (TPSA) is 124 Å². The maximum absolute atomic E-state index is 11.9. The molecule has 0 unspecified atom stereocenters. The molecule has 1 rings (SSSR count). The molecule has 0 spiro atoms. The second kappa shape index (κ2) is 8.57. The molecule has 8 heteroatoms. The SMILES string of the molecule is COC(=O)c1ccc(C(=O)NCCCCO)cc1N=[N+]=[N-]. The Bertz CT molecular complexity index is 567. The van der Waals surface area contributed by atoms with Gasteiger partial charge >= 0.3 is 5.97 Å². The molecule has 0 bridgehead atoms. The highest BCUT2D eigenvalue weighted by Gasteiger charge is 2.14. The Balaban J connectivity index is 2.89. The molecule has 0 aromatic heterocycles. The number of hydrogen-bond acceptors (Lipinski definition) is 5. The summed E-state index contributed by atoms with van der Waals surface area (Å²) < 4.78 is 4.57. The van der Waals surface area contributed by atoms with E-state index >= 15 is 0 Å². The zero-order valence-corrected chi connectivity index (χ0v) is 11.6. The first-order valence-corrected chi connectivity index (χ1v) is 6.30. The minimum Gasteiger partial charge on any atom is -0.465 e. The van der Waals surface area contributed by atoms with Crippen molar-refractivity contribution >= 4 is 17.6 Å². The summed E-state index contributed by atoms with van der Waals surface area (Å²) in [7, 11) is 1.21. The summed E-state index contributed by atoms with van der Waals surface area (Å²) in [5, 5.41) is 14.7. The first-order valence-electron chi connectivity index (χ1n) is 6.30. The summed E-state index contributed by atoms with van der Waals surface area (Å²) in [5.74, 6) is -0.994. The number of methoxy groups -OCH3 is 1. The number of hydrogen-bond donors (Lipinski definition) is 2. The van der Waals surface area contributed by atoms with Crippen molar-refractivity contribution in [3.63, 3.8) is 0 Å². The number of unbranched alkanes of at least 4 members (excludes halogenated alkanes) is 1. The van der Waals surface area contributed by atoms with Crippen LogP contribution in [0.2, 0.25) is 0 Å². The minimum absolute atomic E-state index is 0.0346. The molecule has 1 aromatic rings. The number of esters is 1. The van der Waals surface area contributed by atoms with Crippen molar-refractivity contribution in [1.29, 1.82) is 0 Å². The minimum atomic E-state index is -0.646. The fourth-order valence-electron chi connectivity index (χ4n) is 1.63. The van der Waals surface area contributed by atoms with Crippen LogP contribution in [0.5, 0.6) is 0 Å². The normalized spacial score (nSPS) is 9.62. The molecule has 1 amide bonds. The van der Waals surface area contributed by atoms with E-state index in [1.807, 2.05) is 0 Å². The number of nitrogens with one attached hydrogen (secondary N) is 1. The average molecular weight is 292 g/mol. The summed E-state index contributed by atoms with van der Waals surface area (Å²) in [6, 6.07) is 4.15. The molecule has 0 saturated carbocycles. The zero-order valence-electron chi connectivity index (χ0n) is 11.6. The molecular formula is C13H16N4O4. The van der Waals surface area contributed by atoms with Crippen LogP contribution < -0.4 is 5.32 Å². The first-order chi connectivity index (χ1) is 10.1. The fraction of sp³-hybridized carbons (Fsp3) is 0.385. The molecule has 0 heterocycles. The van der Waals surface area contributed by atoms with Crippen LogP contribution in [-0.2, 0) is 4.74 Å². The second-order valence-electron chi connectivity index (χ2n) is 4.10. The number of benzene rings is 1. The lowest BCUT2D eigenvalue weighted by atomic mass is 10.1. The third kappa shape index (κ3) is 4.79. The number of aliphatic hydroxyl groups excluding tert-OH is 1. The molecule has 21 heavy (non-hydrogen) atoms. The van der Waals surface area contributed by atoms with Crippen LogP contribution in [0.1, 0.15) is 33.6 Å². The summed E-state index contributed by atoms with van der Waals surface area (Å²) in [6.07, 6.45) is 1.26. The highest BCUT2D eigenvalue weighted by Crippen LogP contribution is 2.22. The van der Waals surface area contributed by atoms with Gasteiger partial charge in [0, 0.05) is 23.6 Å². The van der Waals surface area contributed by atoms with Gasteiger partial charge in [-0.05, 0) is 36.6 Å². The van der Waals surface area contributed by atoms with E-state index in [0.717, 1.165) is 0 Å². The van der Waals surface area contributed by atoms with E-state index in [1.165, 1.54) is 25.3 Å². The summed E-state index contributed by atoms with van der Waals surface area (Å²) >= 11 is 0. The van der Waals surface area contributed by atoms with Crippen molar-refractivity contribution in [1.82, 2.24) is 5.32 Å². The van der Waals surface area contributed by atoms with E-state index in [1.54, 1.807) is 0 Å². The quantitative estimate of drug-likeness (QED) is 0.262. The summed E-state index contributed by atoms with van der Waals surface area (Å²) in [6.45, 7) is 0.500. The van der Waals surface area contributed by atoms with E-state index < -0.39 is 5.97 Å². The first kappa shape index (κ1) is 16.5. The van der Waals surface area contributed by atoms with Crippen LogP contribution >= 0.6 is 0 Å².